The highest BCUT2D eigenvalue weighted by molar-refractivity contribution is 7.99. The maximum absolute atomic E-state index is 12.3. The predicted molar refractivity (Wildman–Crippen MR) is 144 cm³/mol. The second-order valence-corrected chi connectivity index (χ2v) is 10.1. The van der Waals surface area contributed by atoms with Crippen LogP contribution in [0.25, 0.3) is 0 Å². The van der Waals surface area contributed by atoms with Crippen molar-refractivity contribution in [3.05, 3.63) is 27.8 Å². The lowest BCUT2D eigenvalue weighted by Crippen LogP contribution is -2.45. The summed E-state index contributed by atoms with van der Waals surface area (Å²) in [5, 5.41) is 16.9. The molecule has 0 bridgehead atoms. The first-order valence-electron chi connectivity index (χ1n) is 12.1. The van der Waals surface area contributed by atoms with Gasteiger partial charge in [0.15, 0.2) is 16.9 Å². The van der Waals surface area contributed by atoms with Crippen molar-refractivity contribution in [2.24, 2.45) is 5.73 Å². The normalized spacial score (nSPS) is 12.3. The number of rotatable bonds is 17. The van der Waals surface area contributed by atoms with Gasteiger partial charge in [0.1, 0.15) is 11.6 Å². The monoisotopic (exact) mass is 588 g/mol. The van der Waals surface area contributed by atoms with Crippen molar-refractivity contribution in [1.29, 1.82) is 0 Å². The van der Waals surface area contributed by atoms with Crippen LogP contribution < -0.4 is 25.8 Å². The van der Waals surface area contributed by atoms with E-state index in [1.807, 2.05) is 0 Å². The van der Waals surface area contributed by atoms with Crippen molar-refractivity contribution in [1.82, 2.24) is 10.6 Å². The van der Waals surface area contributed by atoms with E-state index in [1.54, 1.807) is 20.8 Å². The number of nitro groups is 1. The number of nitrogens with zero attached hydrogens (tertiary/aromatic N) is 1. The Balaban J connectivity index is 3.14. The van der Waals surface area contributed by atoms with Crippen LogP contribution in [0.5, 0.6) is 11.5 Å². The summed E-state index contributed by atoms with van der Waals surface area (Å²) in [6, 6.07) is 1.16. The Morgan fingerprint density at radius 3 is 2.45 bits per heavy atom. The van der Waals surface area contributed by atoms with E-state index in [2.05, 4.69) is 10.6 Å². The molecule has 16 heteroatoms. The van der Waals surface area contributed by atoms with Crippen molar-refractivity contribution in [2.45, 2.75) is 50.7 Å². The molecule has 2 atom stereocenters. The molecule has 1 rings (SSSR count). The van der Waals surface area contributed by atoms with Crippen LogP contribution in [0.2, 0.25) is 0 Å². The molecule has 0 radical (unpaired) electrons. The van der Waals surface area contributed by atoms with E-state index in [0.29, 0.717) is 19.5 Å². The van der Waals surface area contributed by atoms with Gasteiger partial charge in [-0.1, -0.05) is 0 Å². The van der Waals surface area contributed by atoms with Crippen LogP contribution >= 0.6 is 11.8 Å². The maximum Gasteiger partial charge on any atom is 0.408 e. The number of nitro benzene ring substituents is 1. The molecular formula is C24H36N4O11S. The minimum absolute atomic E-state index is 0.0363. The molecule has 2 unspecified atom stereocenters. The van der Waals surface area contributed by atoms with Crippen molar-refractivity contribution in [3.8, 4) is 11.5 Å². The van der Waals surface area contributed by atoms with Gasteiger partial charge in [-0.3, -0.25) is 19.7 Å². The van der Waals surface area contributed by atoms with Gasteiger partial charge >= 0.3 is 12.1 Å². The summed E-state index contributed by atoms with van der Waals surface area (Å²) < 4.78 is 25.9. The second kappa shape index (κ2) is 17.0. The third-order valence-corrected chi connectivity index (χ3v) is 6.00. The van der Waals surface area contributed by atoms with Crippen LogP contribution in [0.1, 0.15) is 44.6 Å². The number of hydrogen-bond donors (Lipinski definition) is 3. The fraction of sp³-hybridized carbons (Fsp3) is 0.583. The summed E-state index contributed by atoms with van der Waals surface area (Å²) in [5.74, 6) is -1.08. The van der Waals surface area contributed by atoms with Crippen LogP contribution in [0.4, 0.5) is 10.5 Å². The molecule has 4 N–H and O–H groups in total. The summed E-state index contributed by atoms with van der Waals surface area (Å²) in [7, 11) is 2.44. The van der Waals surface area contributed by atoms with Crippen molar-refractivity contribution >= 4 is 41.9 Å². The molecular weight excluding hydrogens is 552 g/mol. The molecule has 0 spiro atoms. The highest BCUT2D eigenvalue weighted by Gasteiger charge is 2.31. The number of alkyl carbamates (subject to hydrolysis) is 1. The van der Waals surface area contributed by atoms with Crippen LogP contribution in [0, 0.1) is 10.1 Å². The molecule has 224 valence electrons. The molecule has 1 aromatic rings. The average Bonchev–Trinajstić information content (AvgIpc) is 2.89. The van der Waals surface area contributed by atoms with Gasteiger partial charge in [-0.15, -0.1) is 11.8 Å². The lowest BCUT2D eigenvalue weighted by molar-refractivity contribution is -0.386. The molecule has 2 amide bonds. The number of carbonyl (C=O) groups is 4. The Morgan fingerprint density at radius 1 is 1.20 bits per heavy atom. The van der Waals surface area contributed by atoms with Gasteiger partial charge in [0, 0.05) is 25.3 Å². The SMILES string of the molecule is COC(=O)C(CSC(OC=O)c1cc(OC)c(OCCCC(=O)NCCN)cc1[N+](=O)[O-])NC(=O)OC(C)(C)C. The lowest BCUT2D eigenvalue weighted by atomic mass is 10.1. The highest BCUT2D eigenvalue weighted by Crippen LogP contribution is 2.42. The van der Waals surface area contributed by atoms with Gasteiger partial charge in [0.2, 0.25) is 5.91 Å². The molecule has 0 fully saturated rings. The van der Waals surface area contributed by atoms with Crippen molar-refractivity contribution in [3.63, 3.8) is 0 Å². The first kappa shape index (κ1) is 34.2. The number of esters is 1. The van der Waals surface area contributed by atoms with E-state index in [0.717, 1.165) is 24.9 Å². The molecule has 0 saturated heterocycles. The molecule has 1 aromatic carbocycles. The summed E-state index contributed by atoms with van der Waals surface area (Å²) >= 11 is 0.820. The Labute approximate surface area is 235 Å². The number of nitrogens with two attached hydrogens (primary N) is 1. The summed E-state index contributed by atoms with van der Waals surface area (Å²) in [4.78, 5) is 58.7. The number of thioether (sulfide) groups is 1. The van der Waals surface area contributed by atoms with Gasteiger partial charge in [-0.25, -0.2) is 9.59 Å². The summed E-state index contributed by atoms with van der Waals surface area (Å²) in [6.07, 6.45) is -0.406. The third kappa shape index (κ3) is 11.9. The minimum Gasteiger partial charge on any atom is -0.493 e. The van der Waals surface area contributed by atoms with Crippen LogP contribution in [0.3, 0.4) is 0 Å². The first-order valence-corrected chi connectivity index (χ1v) is 13.2. The van der Waals surface area contributed by atoms with Gasteiger partial charge in [-0.2, -0.15) is 0 Å². The summed E-state index contributed by atoms with van der Waals surface area (Å²) in [5.41, 5.74) is 2.72. The van der Waals surface area contributed by atoms with Crippen molar-refractivity contribution < 1.29 is 47.8 Å². The Kier molecular flexibility index (Phi) is 14.6. The quantitative estimate of drug-likeness (QED) is 0.0452. The van der Waals surface area contributed by atoms with Crippen LogP contribution in [-0.2, 0) is 28.6 Å². The van der Waals surface area contributed by atoms with Gasteiger partial charge in [-0.05, 0) is 33.3 Å². The molecule has 0 aliphatic carbocycles. The number of amides is 2. The number of nitrogens with one attached hydrogen (secondary N) is 2. The summed E-state index contributed by atoms with van der Waals surface area (Å²) in [6.45, 7) is 5.74. The molecule has 0 heterocycles. The standard InChI is InChI=1S/C24H36N4O11S/c1-24(2,3)39-23(32)27-16(21(31)36-5)13-40-22(38-14-29)15-11-18(35-4)19(12-17(15)28(33)34)37-10-6-7-20(30)26-9-8-25/h11-12,14,16,22H,6-10,13,25H2,1-5H3,(H,26,30)(H,27,32). The van der Waals surface area contributed by atoms with Gasteiger partial charge < -0.3 is 40.1 Å². The fourth-order valence-corrected chi connectivity index (χ4v) is 4.18. The number of hydrogen-bond acceptors (Lipinski definition) is 13. The Morgan fingerprint density at radius 2 is 1.90 bits per heavy atom. The molecule has 0 saturated carbocycles. The van der Waals surface area contributed by atoms with Crippen LogP contribution in [0.15, 0.2) is 12.1 Å². The molecule has 0 aliphatic heterocycles. The van der Waals surface area contributed by atoms with Gasteiger partial charge in [0.25, 0.3) is 12.2 Å². The number of carbonyl (C=O) groups excluding carboxylic acids is 4. The van der Waals surface area contributed by atoms with E-state index in [4.69, 9.17) is 29.4 Å². The Hall–Kier alpha value is -3.79. The largest absolute Gasteiger partial charge is 0.493 e. The Bertz CT molecular complexity index is 1030. The van der Waals surface area contributed by atoms with E-state index in [-0.39, 0.29) is 48.2 Å². The zero-order valence-corrected chi connectivity index (χ0v) is 23.9. The average molecular weight is 589 g/mol. The molecule has 0 aromatic heterocycles. The number of ether oxygens (including phenoxy) is 5. The molecule has 40 heavy (non-hydrogen) atoms. The van der Waals surface area contributed by atoms with Crippen LogP contribution in [-0.4, -0.2) is 80.7 Å². The van der Waals surface area contributed by atoms with E-state index < -0.39 is 39.8 Å². The van der Waals surface area contributed by atoms with E-state index >= 15 is 0 Å². The fourth-order valence-electron chi connectivity index (χ4n) is 3.10. The lowest BCUT2D eigenvalue weighted by Gasteiger charge is -2.23. The van der Waals surface area contributed by atoms with E-state index in [9.17, 15) is 29.3 Å². The minimum atomic E-state index is -1.28. The topological polar surface area (TPSA) is 208 Å². The number of benzene rings is 1. The third-order valence-electron chi connectivity index (χ3n) is 4.81. The predicted octanol–water partition coefficient (Wildman–Crippen LogP) is 1.81. The zero-order valence-electron chi connectivity index (χ0n) is 23.1. The van der Waals surface area contributed by atoms with E-state index in [1.165, 1.54) is 13.2 Å². The number of methoxy groups -OCH3 is 2. The highest BCUT2D eigenvalue weighted by atomic mass is 32.2. The molecule has 0 aliphatic rings. The first-order chi connectivity index (χ1) is 18.9. The van der Waals surface area contributed by atoms with Crippen molar-refractivity contribution in [2.75, 3.05) is 39.7 Å². The zero-order chi connectivity index (χ0) is 30.3. The van der Waals surface area contributed by atoms with Gasteiger partial charge in [0.05, 0.1) is 37.4 Å². The maximum atomic E-state index is 12.3. The smallest absolute Gasteiger partial charge is 0.408 e. The second-order valence-electron chi connectivity index (χ2n) is 9.03. The molecule has 15 nitrogen and oxygen atoms in total.